The molecular weight excluding hydrogens is 432 g/mol. The van der Waals surface area contributed by atoms with E-state index >= 15 is 0 Å². The number of nitrogens with zero attached hydrogens (tertiary/aromatic N) is 6. The summed E-state index contributed by atoms with van der Waals surface area (Å²) in [6.45, 7) is 4.56. The van der Waals surface area contributed by atoms with Crippen LogP contribution < -0.4 is 4.74 Å². The highest BCUT2D eigenvalue weighted by Crippen LogP contribution is 2.49. The van der Waals surface area contributed by atoms with Crippen molar-refractivity contribution in [3.63, 3.8) is 0 Å². The molecule has 1 saturated heterocycles. The fraction of sp³-hybridized carbons (Fsp3) is 0.480. The van der Waals surface area contributed by atoms with Crippen LogP contribution >= 0.6 is 0 Å². The molecule has 2 aromatic heterocycles. The van der Waals surface area contributed by atoms with Gasteiger partial charge in [0, 0.05) is 18.7 Å². The van der Waals surface area contributed by atoms with E-state index in [4.69, 9.17) is 9.47 Å². The number of aromatic nitrogens is 5. The Morgan fingerprint density at radius 2 is 2.00 bits per heavy atom. The maximum absolute atomic E-state index is 12.4. The lowest BCUT2D eigenvalue weighted by atomic mass is 9.91. The Bertz CT molecular complexity index is 1080. The number of piperidine rings is 1. The van der Waals surface area contributed by atoms with Crippen LogP contribution in [0.3, 0.4) is 0 Å². The standard InChI is InChI=1S/C25H30N6O3/c1-18-13-22(31-17-27-28-29-31)15-26-24(18)33-12-9-21-14-23(21)20-7-10-30(11-8-20)25(32)34-16-19-5-3-2-4-6-19/h2-6,13,15,17,20-21,23H,7-12,14,16H2,1H3/t21-,23-/m1/s1. The Morgan fingerprint density at radius 1 is 1.18 bits per heavy atom. The van der Waals surface area contributed by atoms with E-state index in [-0.39, 0.29) is 6.09 Å². The van der Waals surface area contributed by atoms with Crippen molar-refractivity contribution in [2.45, 2.75) is 39.2 Å². The predicted octanol–water partition coefficient (Wildman–Crippen LogP) is 3.82. The molecular formula is C25H30N6O3. The van der Waals surface area contributed by atoms with Gasteiger partial charge in [0.1, 0.15) is 12.9 Å². The van der Waals surface area contributed by atoms with E-state index in [9.17, 15) is 4.79 Å². The van der Waals surface area contributed by atoms with Gasteiger partial charge >= 0.3 is 6.09 Å². The predicted molar refractivity (Wildman–Crippen MR) is 124 cm³/mol. The highest BCUT2D eigenvalue weighted by Gasteiger charge is 2.43. The van der Waals surface area contributed by atoms with Crippen LogP contribution in [0, 0.1) is 24.7 Å². The third-order valence-corrected chi connectivity index (χ3v) is 6.94. The van der Waals surface area contributed by atoms with Crippen molar-refractivity contribution in [3.8, 4) is 11.6 Å². The molecule has 9 nitrogen and oxygen atoms in total. The lowest BCUT2D eigenvalue weighted by molar-refractivity contribution is 0.0796. The van der Waals surface area contributed by atoms with Crippen molar-refractivity contribution in [2.24, 2.45) is 17.8 Å². The van der Waals surface area contributed by atoms with Gasteiger partial charge in [0.15, 0.2) is 0 Å². The second kappa shape index (κ2) is 10.2. The average Bonchev–Trinajstić information content (AvgIpc) is 3.43. The molecule has 1 aliphatic carbocycles. The van der Waals surface area contributed by atoms with Crippen LogP contribution in [0.4, 0.5) is 4.79 Å². The molecule has 0 N–H and O–H groups in total. The van der Waals surface area contributed by atoms with Gasteiger partial charge in [0.05, 0.1) is 18.5 Å². The smallest absolute Gasteiger partial charge is 0.410 e. The average molecular weight is 463 g/mol. The number of likely N-dealkylation sites (tertiary alicyclic amines) is 1. The minimum Gasteiger partial charge on any atom is -0.477 e. The van der Waals surface area contributed by atoms with Gasteiger partial charge in [0.2, 0.25) is 5.88 Å². The summed E-state index contributed by atoms with van der Waals surface area (Å²) in [5.41, 5.74) is 2.79. The molecule has 0 bridgehead atoms. The summed E-state index contributed by atoms with van der Waals surface area (Å²) in [6, 6.07) is 11.8. The summed E-state index contributed by atoms with van der Waals surface area (Å²) in [6.07, 6.45) is 7.48. The number of hydrogen-bond donors (Lipinski definition) is 0. The van der Waals surface area contributed by atoms with Crippen LogP contribution in [-0.2, 0) is 11.3 Å². The van der Waals surface area contributed by atoms with Crippen molar-refractivity contribution in [1.29, 1.82) is 0 Å². The van der Waals surface area contributed by atoms with Crippen LogP contribution in [-0.4, -0.2) is 55.9 Å². The number of pyridine rings is 1. The minimum absolute atomic E-state index is 0.197. The first-order chi connectivity index (χ1) is 16.7. The molecule has 2 aliphatic rings. The second-order valence-corrected chi connectivity index (χ2v) is 9.23. The molecule has 9 heteroatoms. The largest absolute Gasteiger partial charge is 0.477 e. The summed E-state index contributed by atoms with van der Waals surface area (Å²) >= 11 is 0. The van der Waals surface area contributed by atoms with Crippen molar-refractivity contribution >= 4 is 6.09 Å². The molecule has 0 unspecified atom stereocenters. The van der Waals surface area contributed by atoms with Gasteiger partial charge in [0.25, 0.3) is 0 Å². The maximum Gasteiger partial charge on any atom is 0.410 e. The van der Waals surface area contributed by atoms with E-state index in [2.05, 4.69) is 20.5 Å². The van der Waals surface area contributed by atoms with Gasteiger partial charge in [-0.2, -0.15) is 4.68 Å². The van der Waals surface area contributed by atoms with Crippen molar-refractivity contribution in [3.05, 3.63) is 60.0 Å². The minimum atomic E-state index is -0.197. The Morgan fingerprint density at radius 3 is 2.74 bits per heavy atom. The molecule has 1 amide bonds. The first kappa shape index (κ1) is 22.3. The highest BCUT2D eigenvalue weighted by molar-refractivity contribution is 5.67. The summed E-state index contributed by atoms with van der Waals surface area (Å²) in [4.78, 5) is 18.7. The number of amides is 1. The number of carbonyl (C=O) groups is 1. The fourth-order valence-electron chi connectivity index (χ4n) is 4.91. The molecule has 0 radical (unpaired) electrons. The molecule has 1 saturated carbocycles. The molecule has 5 rings (SSSR count). The molecule has 178 valence electrons. The van der Waals surface area contributed by atoms with E-state index in [0.717, 1.165) is 55.1 Å². The van der Waals surface area contributed by atoms with Crippen molar-refractivity contribution in [1.82, 2.24) is 30.1 Å². The van der Waals surface area contributed by atoms with Crippen LogP contribution in [0.2, 0.25) is 0 Å². The molecule has 34 heavy (non-hydrogen) atoms. The summed E-state index contributed by atoms with van der Waals surface area (Å²) in [7, 11) is 0. The zero-order chi connectivity index (χ0) is 23.3. The Kier molecular flexibility index (Phi) is 6.69. The van der Waals surface area contributed by atoms with Crippen LogP contribution in [0.1, 0.15) is 36.8 Å². The number of rotatable bonds is 8. The van der Waals surface area contributed by atoms with Crippen molar-refractivity contribution < 1.29 is 14.3 Å². The number of ether oxygens (including phenoxy) is 2. The van der Waals surface area contributed by atoms with E-state index in [1.54, 1.807) is 17.2 Å². The SMILES string of the molecule is Cc1cc(-n2cnnn2)cnc1OCC[C@@H]1C[C@@H]1C1CCN(C(=O)OCc2ccccc2)CC1. The molecule has 0 spiro atoms. The molecule has 3 heterocycles. The zero-order valence-electron chi connectivity index (χ0n) is 19.4. The van der Waals surface area contributed by atoms with Gasteiger partial charge in [-0.1, -0.05) is 30.3 Å². The lowest BCUT2D eigenvalue weighted by Gasteiger charge is -2.31. The maximum atomic E-state index is 12.4. The number of aryl methyl sites for hydroxylation is 1. The first-order valence-electron chi connectivity index (χ1n) is 12.0. The summed E-state index contributed by atoms with van der Waals surface area (Å²) in [5.74, 6) is 2.82. The third-order valence-electron chi connectivity index (χ3n) is 6.94. The highest BCUT2D eigenvalue weighted by atomic mass is 16.6. The van der Waals surface area contributed by atoms with E-state index in [0.29, 0.717) is 30.9 Å². The fourth-order valence-corrected chi connectivity index (χ4v) is 4.91. The lowest BCUT2D eigenvalue weighted by Crippen LogP contribution is -2.39. The Labute approximate surface area is 199 Å². The summed E-state index contributed by atoms with van der Waals surface area (Å²) in [5, 5.41) is 11.2. The number of hydrogen-bond acceptors (Lipinski definition) is 7. The van der Waals surface area contributed by atoms with Gasteiger partial charge in [-0.3, -0.25) is 0 Å². The Hall–Kier alpha value is -3.49. The molecule has 2 atom stereocenters. The van der Waals surface area contributed by atoms with Gasteiger partial charge < -0.3 is 14.4 Å². The Balaban J connectivity index is 1.01. The number of tetrazole rings is 1. The zero-order valence-corrected chi connectivity index (χ0v) is 19.4. The molecule has 1 aromatic carbocycles. The quantitative estimate of drug-likeness (QED) is 0.502. The van der Waals surface area contributed by atoms with Gasteiger partial charge in [-0.05, 0) is 72.4 Å². The number of carbonyl (C=O) groups excluding carboxylic acids is 1. The van der Waals surface area contributed by atoms with E-state index in [1.165, 1.54) is 6.42 Å². The normalized spacial score (nSPS) is 20.2. The van der Waals surface area contributed by atoms with Crippen LogP contribution in [0.15, 0.2) is 48.9 Å². The monoisotopic (exact) mass is 462 g/mol. The molecule has 2 fully saturated rings. The third kappa shape index (κ3) is 5.35. The molecule has 3 aromatic rings. The topological polar surface area (TPSA) is 95.3 Å². The van der Waals surface area contributed by atoms with Crippen LogP contribution in [0.25, 0.3) is 5.69 Å². The van der Waals surface area contributed by atoms with E-state index in [1.807, 2.05) is 48.2 Å². The molecule has 1 aliphatic heterocycles. The van der Waals surface area contributed by atoms with Crippen molar-refractivity contribution in [2.75, 3.05) is 19.7 Å². The first-order valence-corrected chi connectivity index (χ1v) is 12.0. The number of benzene rings is 1. The van der Waals surface area contributed by atoms with Gasteiger partial charge in [-0.15, -0.1) is 5.10 Å². The second-order valence-electron chi connectivity index (χ2n) is 9.23. The van der Waals surface area contributed by atoms with E-state index < -0.39 is 0 Å². The summed E-state index contributed by atoms with van der Waals surface area (Å²) < 4.78 is 13.0. The van der Waals surface area contributed by atoms with Crippen LogP contribution in [0.5, 0.6) is 5.88 Å². The van der Waals surface area contributed by atoms with Gasteiger partial charge in [-0.25, -0.2) is 9.78 Å².